The lowest BCUT2D eigenvalue weighted by atomic mass is 9.85. The fraction of sp³-hybridized carbons (Fsp3) is 0.543. The Morgan fingerprint density at radius 2 is 1.76 bits per heavy atom. The lowest BCUT2D eigenvalue weighted by Crippen LogP contribution is -2.38. The molecular weight excluding hydrogens is 646 g/mol. The molecule has 2 bridgehead atoms. The Labute approximate surface area is 279 Å². The van der Waals surface area contributed by atoms with Crippen LogP contribution in [0.25, 0.3) is 33.6 Å². The number of likely N-dealkylation sites (N-methyl/N-ethyl adjacent to an activating group) is 1. The Morgan fingerprint density at radius 1 is 1.00 bits per heavy atom. The number of halogens is 1. The number of fused-ring (bicyclic) bond motifs is 3. The van der Waals surface area contributed by atoms with Crippen LogP contribution in [0.4, 0.5) is 0 Å². The zero-order chi connectivity index (χ0) is 32.6. The largest absolute Gasteiger partial charge is 0.379 e. The number of nitrogens with one attached hydrogen (secondary N) is 2. The molecule has 1 aromatic carbocycles. The molecule has 3 aromatic heterocycles. The summed E-state index contributed by atoms with van der Waals surface area (Å²) < 4.78 is 10.4. The van der Waals surface area contributed by atoms with E-state index in [-0.39, 0.29) is 17.9 Å². The second kappa shape index (κ2) is 13.4. The van der Waals surface area contributed by atoms with E-state index in [1.165, 1.54) is 0 Å². The molecule has 1 fully saturated rings. The summed E-state index contributed by atoms with van der Waals surface area (Å²) >= 11 is 3.84. The number of morpholine rings is 1. The number of ether oxygens (including phenoxy) is 1. The Bertz CT molecular complexity index is 1760. The molecule has 6 heterocycles. The normalized spacial score (nSPS) is 20.7. The van der Waals surface area contributed by atoms with E-state index < -0.39 is 5.41 Å². The highest BCUT2D eigenvalue weighted by Crippen LogP contribution is 2.37. The Balaban J connectivity index is 0.000000557. The van der Waals surface area contributed by atoms with Gasteiger partial charge in [0, 0.05) is 61.1 Å². The number of nitrogens with zero attached hydrogens (tertiary/aromatic N) is 5. The van der Waals surface area contributed by atoms with E-state index in [9.17, 15) is 9.59 Å². The van der Waals surface area contributed by atoms with Crippen LogP contribution in [0.3, 0.4) is 0 Å². The van der Waals surface area contributed by atoms with Gasteiger partial charge in [-0.3, -0.25) is 9.59 Å². The van der Waals surface area contributed by atoms with Crippen LogP contribution in [-0.2, 0) is 29.5 Å². The molecule has 3 aliphatic rings. The fourth-order valence-corrected chi connectivity index (χ4v) is 7.58. The maximum Gasteiger partial charge on any atom is 0.254 e. The van der Waals surface area contributed by atoms with Gasteiger partial charge in [-0.15, -0.1) is 0 Å². The Hall–Kier alpha value is -3.28. The summed E-state index contributed by atoms with van der Waals surface area (Å²) in [5.74, 6) is 0.968. The third-order valence-corrected chi connectivity index (χ3v) is 10.5. The highest BCUT2D eigenvalue weighted by atomic mass is 79.9. The van der Waals surface area contributed by atoms with Gasteiger partial charge in [0.25, 0.3) is 5.91 Å². The van der Waals surface area contributed by atoms with Crippen molar-refractivity contribution in [1.29, 1.82) is 0 Å². The molecule has 0 saturated carbocycles. The molecular formula is C35H46BrN7O3. The number of carbonyl (C=O) groups is 2. The third-order valence-electron chi connectivity index (χ3n) is 9.66. The van der Waals surface area contributed by atoms with Gasteiger partial charge in [0.1, 0.15) is 5.65 Å². The smallest absolute Gasteiger partial charge is 0.254 e. The van der Waals surface area contributed by atoms with Crippen LogP contribution in [0.2, 0.25) is 0 Å². The first-order valence-electron chi connectivity index (χ1n) is 16.6. The average molecular weight is 693 g/mol. The number of pyridine rings is 1. The number of rotatable bonds is 1. The Morgan fingerprint density at radius 3 is 2.48 bits per heavy atom. The molecule has 7 rings (SSSR count). The predicted octanol–water partition coefficient (Wildman–Crippen LogP) is 5.75. The molecule has 2 N–H and O–H groups in total. The Kier molecular flexibility index (Phi) is 9.55. The van der Waals surface area contributed by atoms with Crippen LogP contribution in [0.5, 0.6) is 0 Å². The van der Waals surface area contributed by atoms with Crippen LogP contribution in [0.1, 0.15) is 80.5 Å². The van der Waals surface area contributed by atoms with Gasteiger partial charge >= 0.3 is 0 Å². The molecule has 0 radical (unpaired) electrons. The molecule has 10 nitrogen and oxygen atoms in total. The minimum Gasteiger partial charge on any atom is -0.379 e. The van der Waals surface area contributed by atoms with E-state index in [0.717, 1.165) is 126 Å². The van der Waals surface area contributed by atoms with Gasteiger partial charge in [-0.1, -0.05) is 33.1 Å². The summed E-state index contributed by atoms with van der Waals surface area (Å²) in [6.07, 6.45) is 5.91. The number of hydrogen-bond acceptors (Lipinski definition) is 6. The molecule has 0 aliphatic carbocycles. The first-order chi connectivity index (χ1) is 22.1. The van der Waals surface area contributed by atoms with E-state index in [0.29, 0.717) is 6.54 Å². The van der Waals surface area contributed by atoms with Gasteiger partial charge in [-0.2, -0.15) is 0 Å². The van der Waals surface area contributed by atoms with Gasteiger partial charge in [-0.05, 0) is 71.9 Å². The van der Waals surface area contributed by atoms with E-state index in [2.05, 4.69) is 47.8 Å². The van der Waals surface area contributed by atoms with Crippen molar-refractivity contribution in [3.8, 4) is 11.5 Å². The standard InChI is InChI=1S/C31H37BrN6O2.C4H9NO/c1-18-22-11-10-19-16-24(38(27(19)34-22)14-9-7-6-8-13-31(2,3)30(40)33-18)28-35-23-17-21-20(12-15-36(4)29(21)39)25(32)26(23)37(28)5;1-3-6-4-2-5-1/h10-11,16-18H,6-9,12-15H2,1-5H3,(H,33,40);5H,1-4H2. The monoisotopic (exact) mass is 691 g/mol. The molecule has 4 aromatic rings. The zero-order valence-electron chi connectivity index (χ0n) is 27.7. The second-order valence-electron chi connectivity index (χ2n) is 13.5. The zero-order valence-corrected chi connectivity index (χ0v) is 29.3. The number of carbonyl (C=O) groups excluding carboxylic acids is 2. The van der Waals surface area contributed by atoms with E-state index in [1.807, 2.05) is 47.0 Å². The number of benzene rings is 1. The van der Waals surface area contributed by atoms with Crippen molar-refractivity contribution in [1.82, 2.24) is 34.6 Å². The SMILES string of the molecule is C1COCCN1.CC1NC(=O)C(C)(C)CCCCCCn2c(-c3nc4cc5c(c(Br)c4n3C)CCN(C)C5=O)cc3ccc1nc32. The number of imidazole rings is 1. The number of aryl methyl sites for hydroxylation is 2. The molecule has 2 amide bonds. The minimum absolute atomic E-state index is 0.0413. The van der Waals surface area contributed by atoms with E-state index >= 15 is 0 Å². The minimum atomic E-state index is -0.399. The van der Waals surface area contributed by atoms with Crippen molar-refractivity contribution >= 4 is 49.8 Å². The van der Waals surface area contributed by atoms with Crippen molar-refractivity contribution in [3.63, 3.8) is 0 Å². The first kappa shape index (κ1) is 32.7. The van der Waals surface area contributed by atoms with Crippen LogP contribution in [0, 0.1) is 5.41 Å². The molecule has 11 heteroatoms. The van der Waals surface area contributed by atoms with Gasteiger partial charge < -0.3 is 29.4 Å². The lowest BCUT2D eigenvalue weighted by molar-refractivity contribution is -0.130. The van der Waals surface area contributed by atoms with E-state index in [4.69, 9.17) is 14.7 Å². The predicted molar refractivity (Wildman–Crippen MR) is 185 cm³/mol. The van der Waals surface area contributed by atoms with Crippen LogP contribution in [-0.4, -0.2) is 75.7 Å². The number of hydrogen-bond donors (Lipinski definition) is 2. The summed E-state index contributed by atoms with van der Waals surface area (Å²) in [7, 11) is 3.90. The number of aromatic nitrogens is 4. The summed E-state index contributed by atoms with van der Waals surface area (Å²) in [4.78, 5) is 38.0. The summed E-state index contributed by atoms with van der Waals surface area (Å²) in [5, 5.41) is 7.41. The first-order valence-corrected chi connectivity index (χ1v) is 17.4. The highest BCUT2D eigenvalue weighted by Gasteiger charge is 2.30. The van der Waals surface area contributed by atoms with Crippen molar-refractivity contribution in [2.75, 3.05) is 39.9 Å². The molecule has 0 spiro atoms. The fourth-order valence-electron chi connectivity index (χ4n) is 6.70. The quantitative estimate of drug-likeness (QED) is 0.263. The van der Waals surface area contributed by atoms with Crippen LogP contribution < -0.4 is 10.6 Å². The van der Waals surface area contributed by atoms with Gasteiger partial charge in [0.05, 0.1) is 41.7 Å². The van der Waals surface area contributed by atoms with Gasteiger partial charge in [0.15, 0.2) is 5.82 Å². The van der Waals surface area contributed by atoms with Crippen LogP contribution in [0.15, 0.2) is 28.7 Å². The van der Waals surface area contributed by atoms with E-state index in [1.54, 1.807) is 4.90 Å². The second-order valence-corrected chi connectivity index (χ2v) is 14.3. The molecule has 1 atom stereocenters. The van der Waals surface area contributed by atoms with Crippen LogP contribution >= 0.6 is 15.9 Å². The maximum absolute atomic E-state index is 13.1. The van der Waals surface area contributed by atoms with Gasteiger partial charge in [0.2, 0.25) is 5.91 Å². The molecule has 246 valence electrons. The van der Waals surface area contributed by atoms with Crippen molar-refractivity contribution in [2.45, 2.75) is 71.9 Å². The molecule has 1 unspecified atom stereocenters. The lowest BCUT2D eigenvalue weighted by Gasteiger charge is -2.26. The topological polar surface area (TPSA) is 106 Å². The highest BCUT2D eigenvalue weighted by molar-refractivity contribution is 9.10. The number of amides is 2. The van der Waals surface area contributed by atoms with Crippen molar-refractivity contribution < 1.29 is 14.3 Å². The summed E-state index contributed by atoms with van der Waals surface area (Å²) in [6.45, 7) is 11.5. The molecule has 3 aliphatic heterocycles. The summed E-state index contributed by atoms with van der Waals surface area (Å²) in [6, 6.07) is 8.04. The maximum atomic E-state index is 13.1. The third kappa shape index (κ3) is 6.33. The molecule has 1 saturated heterocycles. The average Bonchev–Trinajstić information content (AvgIpc) is 3.58. The van der Waals surface area contributed by atoms with Crippen molar-refractivity contribution in [2.24, 2.45) is 12.5 Å². The summed E-state index contributed by atoms with van der Waals surface area (Å²) in [5.41, 5.74) is 5.95. The van der Waals surface area contributed by atoms with Crippen molar-refractivity contribution in [3.05, 3.63) is 45.6 Å². The molecule has 46 heavy (non-hydrogen) atoms. The van der Waals surface area contributed by atoms with Gasteiger partial charge in [-0.25, -0.2) is 9.97 Å².